The topological polar surface area (TPSA) is 45.9 Å². The second kappa shape index (κ2) is 9.49. The lowest BCUT2D eigenvalue weighted by atomic mass is 10.2. The first-order valence-corrected chi connectivity index (χ1v) is 10.3. The molecule has 0 unspecified atom stereocenters. The van der Waals surface area contributed by atoms with Gasteiger partial charge in [0.1, 0.15) is 29.8 Å². The molecule has 0 N–H and O–H groups in total. The molecule has 1 aliphatic rings. The van der Waals surface area contributed by atoms with Gasteiger partial charge in [0.2, 0.25) is 0 Å². The summed E-state index contributed by atoms with van der Waals surface area (Å²) < 4.78 is 37.3. The Morgan fingerprint density at radius 1 is 0.968 bits per heavy atom. The zero-order chi connectivity index (χ0) is 21.8. The number of hydrogen-bond donors (Lipinski definition) is 0. The first-order valence-electron chi connectivity index (χ1n) is 9.90. The number of ether oxygens (including phenoxy) is 1. The average molecular weight is 447 g/mol. The summed E-state index contributed by atoms with van der Waals surface area (Å²) in [6, 6.07) is 13.4. The van der Waals surface area contributed by atoms with E-state index >= 15 is 0 Å². The number of piperazine rings is 1. The van der Waals surface area contributed by atoms with Gasteiger partial charge in [-0.15, -0.1) is 0 Å². The van der Waals surface area contributed by atoms with Gasteiger partial charge in [-0.1, -0.05) is 17.7 Å². The van der Waals surface area contributed by atoms with Crippen LogP contribution >= 0.6 is 11.6 Å². The van der Waals surface area contributed by atoms with Crippen LogP contribution in [0.1, 0.15) is 21.9 Å². The summed E-state index contributed by atoms with van der Waals surface area (Å²) in [5.74, 6) is 0.421. The Labute approximate surface area is 183 Å². The van der Waals surface area contributed by atoms with Crippen molar-refractivity contribution in [2.45, 2.75) is 13.2 Å². The van der Waals surface area contributed by atoms with E-state index in [0.717, 1.165) is 5.56 Å². The van der Waals surface area contributed by atoms with E-state index in [2.05, 4.69) is 4.90 Å². The number of amides is 1. The summed E-state index contributed by atoms with van der Waals surface area (Å²) in [6.07, 6.45) is 0. The molecule has 162 valence electrons. The molecular formula is C23H21ClF2N2O3. The smallest absolute Gasteiger partial charge is 0.289 e. The molecule has 4 rings (SSSR count). The minimum Gasteiger partial charge on any atom is -0.486 e. The quantitative estimate of drug-likeness (QED) is 0.548. The Kier molecular flexibility index (Phi) is 6.53. The molecule has 0 saturated carbocycles. The Balaban J connectivity index is 1.28. The third-order valence-corrected chi connectivity index (χ3v) is 5.49. The summed E-state index contributed by atoms with van der Waals surface area (Å²) in [4.78, 5) is 16.7. The van der Waals surface area contributed by atoms with Gasteiger partial charge in [0.05, 0.1) is 0 Å². The molecule has 1 aliphatic heterocycles. The van der Waals surface area contributed by atoms with Gasteiger partial charge in [-0.3, -0.25) is 9.69 Å². The van der Waals surface area contributed by atoms with E-state index in [1.807, 2.05) is 0 Å². The van der Waals surface area contributed by atoms with Crippen LogP contribution < -0.4 is 4.74 Å². The SMILES string of the molecule is O=C(c1ccc(COc2ccc(F)cc2)o1)N1CCN(Cc2ccc(F)cc2Cl)CC1. The molecule has 0 atom stereocenters. The van der Waals surface area contributed by atoms with Crippen molar-refractivity contribution in [3.8, 4) is 5.75 Å². The lowest BCUT2D eigenvalue weighted by molar-refractivity contribution is 0.0594. The highest BCUT2D eigenvalue weighted by molar-refractivity contribution is 6.31. The molecule has 0 bridgehead atoms. The molecule has 1 aromatic heterocycles. The molecule has 2 aromatic carbocycles. The standard InChI is InChI=1S/C23H21ClF2N2O3/c24-21-13-18(26)2-1-16(21)14-27-9-11-28(12-10-27)23(29)22-8-7-20(31-22)15-30-19-5-3-17(25)4-6-19/h1-8,13H,9-12,14-15H2. The lowest BCUT2D eigenvalue weighted by Gasteiger charge is -2.34. The normalized spacial score (nSPS) is 14.6. The van der Waals surface area contributed by atoms with E-state index in [1.54, 1.807) is 23.1 Å². The fraction of sp³-hybridized carbons (Fsp3) is 0.261. The minimum atomic E-state index is -0.356. The van der Waals surface area contributed by atoms with Gasteiger partial charge in [0, 0.05) is 37.7 Å². The van der Waals surface area contributed by atoms with E-state index in [0.29, 0.717) is 49.3 Å². The predicted octanol–water partition coefficient (Wildman–Crippen LogP) is 4.75. The van der Waals surface area contributed by atoms with Crippen LogP contribution in [0.5, 0.6) is 5.75 Å². The first-order chi connectivity index (χ1) is 15.0. The van der Waals surface area contributed by atoms with E-state index in [1.165, 1.54) is 36.4 Å². The molecule has 1 saturated heterocycles. The highest BCUT2D eigenvalue weighted by Gasteiger charge is 2.24. The van der Waals surface area contributed by atoms with Gasteiger partial charge in [0.15, 0.2) is 5.76 Å². The van der Waals surface area contributed by atoms with Crippen LogP contribution in [0.2, 0.25) is 5.02 Å². The molecule has 5 nitrogen and oxygen atoms in total. The van der Waals surface area contributed by atoms with Crippen molar-refractivity contribution in [2.75, 3.05) is 26.2 Å². The fourth-order valence-electron chi connectivity index (χ4n) is 3.41. The second-order valence-electron chi connectivity index (χ2n) is 7.31. The molecule has 1 amide bonds. The summed E-state index contributed by atoms with van der Waals surface area (Å²) in [7, 11) is 0. The fourth-order valence-corrected chi connectivity index (χ4v) is 3.64. The van der Waals surface area contributed by atoms with Crippen LogP contribution in [-0.4, -0.2) is 41.9 Å². The van der Waals surface area contributed by atoms with Gasteiger partial charge in [0.25, 0.3) is 5.91 Å². The maximum atomic E-state index is 13.2. The van der Waals surface area contributed by atoms with Crippen LogP contribution in [0.4, 0.5) is 8.78 Å². The van der Waals surface area contributed by atoms with Crippen molar-refractivity contribution in [3.05, 3.63) is 88.3 Å². The van der Waals surface area contributed by atoms with Crippen LogP contribution in [0, 0.1) is 11.6 Å². The largest absolute Gasteiger partial charge is 0.486 e. The van der Waals surface area contributed by atoms with Gasteiger partial charge >= 0.3 is 0 Å². The number of hydrogen-bond acceptors (Lipinski definition) is 4. The molecular weight excluding hydrogens is 426 g/mol. The van der Waals surface area contributed by atoms with Crippen molar-refractivity contribution in [1.82, 2.24) is 9.80 Å². The van der Waals surface area contributed by atoms with Gasteiger partial charge in [-0.05, 0) is 54.1 Å². The zero-order valence-corrected chi connectivity index (χ0v) is 17.4. The number of halogens is 3. The number of carbonyl (C=O) groups is 1. The number of furan rings is 1. The highest BCUT2D eigenvalue weighted by Crippen LogP contribution is 2.21. The maximum absolute atomic E-state index is 13.2. The summed E-state index contributed by atoms with van der Waals surface area (Å²) in [6.45, 7) is 3.22. The van der Waals surface area contributed by atoms with E-state index in [-0.39, 0.29) is 29.9 Å². The molecule has 0 spiro atoms. The second-order valence-corrected chi connectivity index (χ2v) is 7.72. The Bertz CT molecular complexity index is 1050. The van der Waals surface area contributed by atoms with Gasteiger partial charge in [-0.2, -0.15) is 0 Å². The molecule has 0 aliphatic carbocycles. The summed E-state index contributed by atoms with van der Waals surface area (Å²) in [5.41, 5.74) is 0.861. The van der Waals surface area contributed by atoms with Crippen molar-refractivity contribution in [2.24, 2.45) is 0 Å². The number of benzene rings is 2. The van der Waals surface area contributed by atoms with Gasteiger partial charge < -0.3 is 14.1 Å². The Morgan fingerprint density at radius 3 is 2.39 bits per heavy atom. The van der Waals surface area contributed by atoms with Crippen LogP contribution in [-0.2, 0) is 13.2 Å². The van der Waals surface area contributed by atoms with Crippen molar-refractivity contribution >= 4 is 17.5 Å². The monoisotopic (exact) mass is 446 g/mol. The molecule has 2 heterocycles. The van der Waals surface area contributed by atoms with Crippen molar-refractivity contribution in [1.29, 1.82) is 0 Å². The molecule has 3 aromatic rings. The predicted molar refractivity (Wildman–Crippen MR) is 112 cm³/mol. The maximum Gasteiger partial charge on any atom is 0.289 e. The Morgan fingerprint density at radius 2 is 1.68 bits per heavy atom. The number of nitrogens with zero attached hydrogens (tertiary/aromatic N) is 2. The van der Waals surface area contributed by atoms with Crippen molar-refractivity contribution < 1.29 is 22.7 Å². The first kappa shape index (κ1) is 21.3. The third kappa shape index (κ3) is 5.42. The molecule has 31 heavy (non-hydrogen) atoms. The molecule has 1 fully saturated rings. The molecule has 8 heteroatoms. The summed E-state index contributed by atoms with van der Waals surface area (Å²) in [5, 5.41) is 0.407. The van der Waals surface area contributed by atoms with Crippen LogP contribution in [0.25, 0.3) is 0 Å². The molecule has 0 radical (unpaired) electrons. The van der Waals surface area contributed by atoms with E-state index in [4.69, 9.17) is 20.8 Å². The van der Waals surface area contributed by atoms with Crippen LogP contribution in [0.3, 0.4) is 0 Å². The van der Waals surface area contributed by atoms with Crippen molar-refractivity contribution in [3.63, 3.8) is 0 Å². The summed E-state index contributed by atoms with van der Waals surface area (Å²) >= 11 is 6.11. The average Bonchev–Trinajstić information content (AvgIpc) is 3.24. The van der Waals surface area contributed by atoms with Crippen LogP contribution in [0.15, 0.2) is 59.0 Å². The minimum absolute atomic E-state index is 0.144. The third-order valence-electron chi connectivity index (χ3n) is 5.14. The number of carbonyl (C=O) groups excluding carboxylic acids is 1. The van der Waals surface area contributed by atoms with E-state index < -0.39 is 0 Å². The zero-order valence-electron chi connectivity index (χ0n) is 16.7. The highest BCUT2D eigenvalue weighted by atomic mass is 35.5. The van der Waals surface area contributed by atoms with E-state index in [9.17, 15) is 13.6 Å². The Hall–Kier alpha value is -2.90. The lowest BCUT2D eigenvalue weighted by Crippen LogP contribution is -2.48. The van der Waals surface area contributed by atoms with Gasteiger partial charge in [-0.25, -0.2) is 8.78 Å². The number of rotatable bonds is 6.